The number of halogens is 1. The maximum absolute atomic E-state index is 5.19. The van der Waals surface area contributed by atoms with Crippen LogP contribution < -0.4 is 10.6 Å². The second-order valence-corrected chi connectivity index (χ2v) is 8.12. The topological polar surface area (TPSA) is 66.7 Å². The van der Waals surface area contributed by atoms with Gasteiger partial charge in [0, 0.05) is 50.1 Å². The van der Waals surface area contributed by atoms with Crippen molar-refractivity contribution in [2.45, 2.75) is 78.0 Å². The molecular formula is C21H39IN6O. The predicted molar refractivity (Wildman–Crippen MR) is 129 cm³/mol. The second kappa shape index (κ2) is 12.1. The molecule has 1 aliphatic carbocycles. The minimum atomic E-state index is 0. The minimum absolute atomic E-state index is 0. The van der Waals surface area contributed by atoms with Crippen LogP contribution in [0.4, 0.5) is 0 Å². The van der Waals surface area contributed by atoms with Gasteiger partial charge in [-0.1, -0.05) is 12.8 Å². The number of likely N-dealkylation sites (tertiary alicyclic amines) is 1. The first-order chi connectivity index (χ1) is 13.6. The molecule has 1 unspecified atom stereocenters. The second-order valence-electron chi connectivity index (χ2n) is 8.12. The highest BCUT2D eigenvalue weighted by Crippen LogP contribution is 2.26. The number of ether oxygens (including phenoxy) is 1. The lowest BCUT2D eigenvalue weighted by atomic mass is 10.2. The van der Waals surface area contributed by atoms with Crippen molar-refractivity contribution in [1.29, 1.82) is 0 Å². The largest absolute Gasteiger partial charge is 0.383 e. The van der Waals surface area contributed by atoms with Crippen LogP contribution >= 0.6 is 24.0 Å². The van der Waals surface area contributed by atoms with Crippen LogP contribution in [-0.2, 0) is 17.8 Å². The van der Waals surface area contributed by atoms with Crippen LogP contribution in [0.2, 0.25) is 0 Å². The number of methoxy groups -OCH3 is 1. The fourth-order valence-electron chi connectivity index (χ4n) is 4.54. The Hall–Kier alpha value is -0.870. The quantitative estimate of drug-likeness (QED) is 0.315. The van der Waals surface area contributed by atoms with E-state index in [0.29, 0.717) is 19.2 Å². The average molecular weight is 518 g/mol. The maximum Gasteiger partial charge on any atom is 0.191 e. The molecule has 2 fully saturated rings. The molecule has 2 aliphatic rings. The van der Waals surface area contributed by atoms with Gasteiger partial charge in [0.2, 0.25) is 0 Å². The van der Waals surface area contributed by atoms with Crippen molar-refractivity contribution in [3.8, 4) is 0 Å². The number of aromatic nitrogens is 2. The summed E-state index contributed by atoms with van der Waals surface area (Å²) >= 11 is 0. The molecule has 166 valence electrons. The molecule has 1 atom stereocenters. The van der Waals surface area contributed by atoms with Gasteiger partial charge in [0.15, 0.2) is 5.96 Å². The van der Waals surface area contributed by atoms with Gasteiger partial charge < -0.3 is 15.4 Å². The summed E-state index contributed by atoms with van der Waals surface area (Å²) in [5.74, 6) is 0.921. The minimum Gasteiger partial charge on any atom is -0.383 e. The van der Waals surface area contributed by atoms with E-state index in [2.05, 4.69) is 41.4 Å². The monoisotopic (exact) mass is 518 g/mol. The normalized spacial score (nSPS) is 20.8. The van der Waals surface area contributed by atoms with Crippen LogP contribution in [0.1, 0.15) is 56.0 Å². The van der Waals surface area contributed by atoms with Gasteiger partial charge in [0.1, 0.15) is 0 Å². The average Bonchev–Trinajstić information content (AvgIpc) is 3.40. The summed E-state index contributed by atoms with van der Waals surface area (Å²) in [6.45, 7) is 11.6. The van der Waals surface area contributed by atoms with Gasteiger partial charge in [-0.05, 0) is 40.0 Å². The fourth-order valence-corrected chi connectivity index (χ4v) is 4.54. The van der Waals surface area contributed by atoms with Crippen molar-refractivity contribution in [1.82, 2.24) is 25.3 Å². The van der Waals surface area contributed by atoms with Gasteiger partial charge in [-0.3, -0.25) is 9.58 Å². The van der Waals surface area contributed by atoms with Gasteiger partial charge in [0.25, 0.3) is 0 Å². The number of nitrogens with one attached hydrogen (secondary N) is 2. The summed E-state index contributed by atoms with van der Waals surface area (Å²) in [5.41, 5.74) is 3.45. The third-order valence-corrected chi connectivity index (χ3v) is 6.18. The van der Waals surface area contributed by atoms with Crippen molar-refractivity contribution in [2.24, 2.45) is 4.99 Å². The molecule has 7 nitrogen and oxygen atoms in total. The van der Waals surface area contributed by atoms with Crippen molar-refractivity contribution < 1.29 is 4.74 Å². The van der Waals surface area contributed by atoms with Gasteiger partial charge in [-0.25, -0.2) is 4.99 Å². The first kappa shape index (κ1) is 24.4. The number of nitrogens with zero attached hydrogens (tertiary/aromatic N) is 4. The number of hydrogen-bond acceptors (Lipinski definition) is 4. The van der Waals surface area contributed by atoms with Crippen molar-refractivity contribution in [2.75, 3.05) is 33.4 Å². The zero-order valence-electron chi connectivity index (χ0n) is 18.5. The van der Waals surface area contributed by atoms with Crippen LogP contribution in [0.25, 0.3) is 0 Å². The number of guanidine groups is 1. The molecule has 0 aromatic carbocycles. The number of aliphatic imine (C=N–C) groups is 1. The highest BCUT2D eigenvalue weighted by molar-refractivity contribution is 14.0. The molecule has 2 heterocycles. The summed E-state index contributed by atoms with van der Waals surface area (Å²) < 4.78 is 7.22. The van der Waals surface area contributed by atoms with Crippen LogP contribution in [0.15, 0.2) is 4.99 Å². The Morgan fingerprint density at radius 3 is 2.69 bits per heavy atom. The van der Waals surface area contributed by atoms with E-state index in [0.717, 1.165) is 37.3 Å². The SMILES string of the molecule is CCNC(=NCc1c(C)nn(CCOC)c1C)NC1CCN(C2CCCC2)C1.I. The number of rotatable bonds is 8. The van der Waals surface area contributed by atoms with Gasteiger partial charge in [-0.15, -0.1) is 24.0 Å². The van der Waals surface area contributed by atoms with E-state index >= 15 is 0 Å². The summed E-state index contributed by atoms with van der Waals surface area (Å²) in [5, 5.41) is 11.7. The van der Waals surface area contributed by atoms with E-state index in [1.54, 1.807) is 7.11 Å². The molecule has 1 saturated carbocycles. The molecule has 1 aliphatic heterocycles. The van der Waals surface area contributed by atoms with Gasteiger partial charge in [0.05, 0.1) is 25.4 Å². The van der Waals surface area contributed by atoms with Crippen molar-refractivity contribution >= 4 is 29.9 Å². The molecule has 1 saturated heterocycles. The third-order valence-electron chi connectivity index (χ3n) is 6.18. The zero-order chi connectivity index (χ0) is 19.9. The first-order valence-electron chi connectivity index (χ1n) is 10.9. The Balaban J connectivity index is 0.00000300. The summed E-state index contributed by atoms with van der Waals surface area (Å²) in [6.07, 6.45) is 6.77. The molecular weight excluding hydrogens is 479 g/mol. The molecule has 1 aromatic heterocycles. The van der Waals surface area contributed by atoms with Crippen molar-refractivity contribution in [3.63, 3.8) is 0 Å². The Morgan fingerprint density at radius 2 is 2.00 bits per heavy atom. The standard InChI is InChI=1S/C21H38N6O.HI/c1-5-22-21(24-18-10-11-26(15-18)19-8-6-7-9-19)23-14-20-16(2)25-27(17(20)3)12-13-28-4;/h18-19H,5-15H2,1-4H3,(H2,22,23,24);1H. The molecule has 0 bridgehead atoms. The Morgan fingerprint density at radius 1 is 1.24 bits per heavy atom. The van der Waals surface area contributed by atoms with E-state index in [1.807, 2.05) is 4.68 Å². The molecule has 3 rings (SSSR count). The lowest BCUT2D eigenvalue weighted by Gasteiger charge is -2.24. The summed E-state index contributed by atoms with van der Waals surface area (Å²) in [7, 11) is 1.72. The van der Waals surface area contributed by atoms with E-state index in [1.165, 1.54) is 49.9 Å². The molecule has 0 amide bonds. The van der Waals surface area contributed by atoms with Crippen LogP contribution in [-0.4, -0.2) is 66.1 Å². The Labute approximate surface area is 193 Å². The highest BCUT2D eigenvalue weighted by atomic mass is 127. The predicted octanol–water partition coefficient (Wildman–Crippen LogP) is 2.84. The van der Waals surface area contributed by atoms with E-state index in [4.69, 9.17) is 9.73 Å². The Bertz CT molecular complexity index is 656. The van der Waals surface area contributed by atoms with Crippen molar-refractivity contribution in [3.05, 3.63) is 17.0 Å². The summed E-state index contributed by atoms with van der Waals surface area (Å²) in [6, 6.07) is 1.31. The van der Waals surface area contributed by atoms with E-state index in [9.17, 15) is 0 Å². The fraction of sp³-hybridized carbons (Fsp3) is 0.810. The van der Waals surface area contributed by atoms with Gasteiger partial charge >= 0.3 is 0 Å². The molecule has 2 N–H and O–H groups in total. The van der Waals surface area contributed by atoms with Crippen LogP contribution in [0, 0.1) is 13.8 Å². The zero-order valence-corrected chi connectivity index (χ0v) is 20.9. The molecule has 29 heavy (non-hydrogen) atoms. The van der Waals surface area contributed by atoms with E-state index in [-0.39, 0.29) is 24.0 Å². The number of hydrogen-bond donors (Lipinski definition) is 2. The van der Waals surface area contributed by atoms with Crippen LogP contribution in [0.3, 0.4) is 0 Å². The molecule has 0 radical (unpaired) electrons. The molecule has 0 spiro atoms. The summed E-state index contributed by atoms with van der Waals surface area (Å²) in [4.78, 5) is 7.56. The lowest BCUT2D eigenvalue weighted by molar-refractivity contribution is 0.182. The van der Waals surface area contributed by atoms with Gasteiger partial charge in [-0.2, -0.15) is 5.10 Å². The smallest absolute Gasteiger partial charge is 0.191 e. The number of aryl methyl sites for hydroxylation is 1. The van der Waals surface area contributed by atoms with E-state index < -0.39 is 0 Å². The van der Waals surface area contributed by atoms with Crippen LogP contribution in [0.5, 0.6) is 0 Å². The lowest BCUT2D eigenvalue weighted by Crippen LogP contribution is -2.45. The highest BCUT2D eigenvalue weighted by Gasteiger charge is 2.30. The Kier molecular flexibility index (Phi) is 10.2. The first-order valence-corrected chi connectivity index (χ1v) is 10.9. The molecule has 1 aromatic rings. The maximum atomic E-state index is 5.19. The molecule has 8 heteroatoms. The third kappa shape index (κ3) is 6.55.